The fraction of sp³-hybridized carbons (Fsp3) is 0.154. The predicted molar refractivity (Wildman–Crippen MR) is 72.6 cm³/mol. The Kier molecular flexibility index (Phi) is 2.79. The Labute approximate surface area is 113 Å². The average Bonchev–Trinajstić information content (AvgIpc) is 3.04. The number of fused-ring (bicyclic) bond motifs is 1. The van der Waals surface area contributed by atoms with E-state index in [9.17, 15) is 4.79 Å². The maximum Gasteiger partial charge on any atom is 0.365 e. The van der Waals surface area contributed by atoms with E-state index in [0.717, 1.165) is 33.7 Å². The molecule has 0 saturated carbocycles. The lowest BCUT2D eigenvalue weighted by Crippen LogP contribution is -1.92. The lowest BCUT2D eigenvalue weighted by Gasteiger charge is -2.00. The highest BCUT2D eigenvalue weighted by Crippen LogP contribution is 2.27. The molecule has 0 radical (unpaired) electrons. The highest BCUT2D eigenvalue weighted by atomic mass is 32.1. The van der Waals surface area contributed by atoms with Crippen molar-refractivity contribution < 1.29 is 9.90 Å². The second-order valence-corrected chi connectivity index (χ2v) is 5.13. The molecule has 0 fully saturated rings. The molecule has 0 atom stereocenters. The first-order chi connectivity index (χ1) is 9.19. The van der Waals surface area contributed by atoms with Crippen molar-refractivity contribution in [3.05, 3.63) is 41.3 Å². The number of nitrogens with zero attached hydrogens (tertiary/aromatic N) is 3. The zero-order valence-electron chi connectivity index (χ0n) is 10.2. The third-order valence-corrected chi connectivity index (χ3v) is 3.99. The number of hydrogen-bond acceptors (Lipinski definition) is 4. The van der Waals surface area contributed by atoms with E-state index in [1.807, 2.05) is 22.8 Å². The molecule has 0 bridgehead atoms. The highest BCUT2D eigenvalue weighted by molar-refractivity contribution is 7.16. The second kappa shape index (κ2) is 4.47. The normalized spacial score (nSPS) is 11.0. The predicted octanol–water partition coefficient (Wildman–Crippen LogP) is 2.72. The third kappa shape index (κ3) is 2.00. The molecule has 96 valence electrons. The number of carboxylic acid groups (broad SMARTS) is 1. The molecular formula is C13H11N3O2S. The van der Waals surface area contributed by atoms with Gasteiger partial charge in [-0.2, -0.15) is 5.10 Å². The van der Waals surface area contributed by atoms with Gasteiger partial charge >= 0.3 is 5.97 Å². The van der Waals surface area contributed by atoms with E-state index < -0.39 is 5.97 Å². The Hall–Kier alpha value is -2.21. The van der Waals surface area contributed by atoms with Crippen LogP contribution >= 0.6 is 11.3 Å². The molecule has 6 heteroatoms. The molecule has 3 heterocycles. The summed E-state index contributed by atoms with van der Waals surface area (Å²) in [7, 11) is 0. The molecule has 0 aliphatic rings. The summed E-state index contributed by atoms with van der Waals surface area (Å²) < 4.78 is 1.82. The number of carboxylic acids is 1. The van der Waals surface area contributed by atoms with Crippen LogP contribution in [-0.4, -0.2) is 25.7 Å². The fourth-order valence-corrected chi connectivity index (χ4v) is 2.72. The molecule has 1 N–H and O–H groups in total. The minimum Gasteiger partial charge on any atom is -0.476 e. The minimum atomic E-state index is -0.998. The second-order valence-electron chi connectivity index (χ2n) is 4.10. The Balaban J connectivity index is 2.10. The van der Waals surface area contributed by atoms with E-state index in [0.29, 0.717) is 0 Å². The summed E-state index contributed by atoms with van der Waals surface area (Å²) in [5, 5.41) is 13.3. The van der Waals surface area contributed by atoms with Gasteiger partial charge in [-0.05, 0) is 24.1 Å². The van der Waals surface area contributed by atoms with Gasteiger partial charge in [0.1, 0.15) is 0 Å². The smallest absolute Gasteiger partial charge is 0.365 e. The van der Waals surface area contributed by atoms with Crippen molar-refractivity contribution >= 4 is 22.8 Å². The number of thiazole rings is 1. The number of aromatic nitrogens is 3. The summed E-state index contributed by atoms with van der Waals surface area (Å²) in [6.07, 6.45) is 6.17. The van der Waals surface area contributed by atoms with Gasteiger partial charge in [0.25, 0.3) is 0 Å². The quantitative estimate of drug-likeness (QED) is 0.796. The molecule has 3 aromatic rings. The topological polar surface area (TPSA) is 67.5 Å². The lowest BCUT2D eigenvalue weighted by molar-refractivity contribution is 0.0696. The van der Waals surface area contributed by atoms with E-state index in [-0.39, 0.29) is 5.01 Å². The van der Waals surface area contributed by atoms with E-state index >= 15 is 0 Å². The van der Waals surface area contributed by atoms with Crippen LogP contribution in [0.3, 0.4) is 0 Å². The summed E-state index contributed by atoms with van der Waals surface area (Å²) in [6.45, 7) is 2.09. The molecule has 0 aliphatic heterocycles. The summed E-state index contributed by atoms with van der Waals surface area (Å²) in [5.41, 5.74) is 3.16. The van der Waals surface area contributed by atoms with Crippen LogP contribution in [0.5, 0.6) is 0 Å². The SMILES string of the molecule is CCc1ccn2ncc(-c3cnc(C(=O)O)s3)cc12. The number of aryl methyl sites for hydroxylation is 1. The van der Waals surface area contributed by atoms with Crippen molar-refractivity contribution in [2.45, 2.75) is 13.3 Å². The molecule has 5 nitrogen and oxygen atoms in total. The van der Waals surface area contributed by atoms with Crippen LogP contribution in [0.1, 0.15) is 22.3 Å². The molecule has 0 aromatic carbocycles. The van der Waals surface area contributed by atoms with E-state index in [1.165, 1.54) is 5.56 Å². The Bertz CT molecular complexity index is 760. The molecule has 0 amide bonds. The van der Waals surface area contributed by atoms with E-state index in [2.05, 4.69) is 17.0 Å². The zero-order valence-corrected chi connectivity index (χ0v) is 11.0. The number of rotatable bonds is 3. The van der Waals surface area contributed by atoms with Crippen LogP contribution in [0.2, 0.25) is 0 Å². The van der Waals surface area contributed by atoms with Crippen LogP contribution in [0.4, 0.5) is 0 Å². The average molecular weight is 273 g/mol. The Morgan fingerprint density at radius 1 is 1.47 bits per heavy atom. The van der Waals surface area contributed by atoms with Crippen LogP contribution in [0, 0.1) is 0 Å². The Morgan fingerprint density at radius 3 is 3.00 bits per heavy atom. The number of aromatic carboxylic acids is 1. The van der Waals surface area contributed by atoms with Crippen molar-refractivity contribution in [2.75, 3.05) is 0 Å². The molecule has 19 heavy (non-hydrogen) atoms. The number of hydrogen-bond donors (Lipinski definition) is 1. The van der Waals surface area contributed by atoms with Crippen molar-refractivity contribution in [1.29, 1.82) is 0 Å². The van der Waals surface area contributed by atoms with Crippen molar-refractivity contribution in [3.8, 4) is 10.4 Å². The van der Waals surface area contributed by atoms with E-state index in [1.54, 1.807) is 12.4 Å². The minimum absolute atomic E-state index is 0.0981. The van der Waals surface area contributed by atoms with Gasteiger partial charge in [0.15, 0.2) is 0 Å². The van der Waals surface area contributed by atoms with Crippen LogP contribution < -0.4 is 0 Å². The largest absolute Gasteiger partial charge is 0.476 e. The van der Waals surface area contributed by atoms with Crippen LogP contribution in [-0.2, 0) is 6.42 Å². The van der Waals surface area contributed by atoms with Gasteiger partial charge < -0.3 is 5.11 Å². The lowest BCUT2D eigenvalue weighted by atomic mass is 10.2. The maximum absolute atomic E-state index is 10.8. The Morgan fingerprint density at radius 2 is 2.32 bits per heavy atom. The molecule has 0 saturated heterocycles. The van der Waals surface area contributed by atoms with Gasteiger partial charge in [-0.25, -0.2) is 14.3 Å². The van der Waals surface area contributed by atoms with Gasteiger partial charge in [0, 0.05) is 18.0 Å². The first-order valence-corrected chi connectivity index (χ1v) is 6.66. The van der Waals surface area contributed by atoms with Crippen molar-refractivity contribution in [3.63, 3.8) is 0 Å². The van der Waals surface area contributed by atoms with Gasteiger partial charge in [0.2, 0.25) is 5.01 Å². The molecule has 3 aromatic heterocycles. The third-order valence-electron chi connectivity index (χ3n) is 2.96. The zero-order chi connectivity index (χ0) is 13.4. The highest BCUT2D eigenvalue weighted by Gasteiger charge is 2.11. The first kappa shape index (κ1) is 11.9. The summed E-state index contributed by atoms with van der Waals surface area (Å²) in [6, 6.07) is 4.06. The molecule has 0 aliphatic carbocycles. The van der Waals surface area contributed by atoms with Crippen molar-refractivity contribution in [1.82, 2.24) is 14.6 Å². The summed E-state index contributed by atoms with van der Waals surface area (Å²) >= 11 is 1.16. The summed E-state index contributed by atoms with van der Waals surface area (Å²) in [4.78, 5) is 15.5. The molecule has 0 spiro atoms. The molecule has 0 unspecified atom stereocenters. The maximum atomic E-state index is 10.8. The first-order valence-electron chi connectivity index (χ1n) is 5.85. The molecule has 3 rings (SSSR count). The van der Waals surface area contributed by atoms with Gasteiger partial charge in [-0.1, -0.05) is 6.92 Å². The monoisotopic (exact) mass is 273 g/mol. The van der Waals surface area contributed by atoms with Gasteiger partial charge in [-0.15, -0.1) is 11.3 Å². The van der Waals surface area contributed by atoms with Crippen LogP contribution in [0.25, 0.3) is 16.0 Å². The van der Waals surface area contributed by atoms with Gasteiger partial charge in [-0.3, -0.25) is 0 Å². The standard InChI is InChI=1S/C13H11N3O2S/c1-2-8-3-4-16-10(8)5-9(6-15-16)11-7-14-12(19-11)13(17)18/h3-7H,2H2,1H3,(H,17,18). The van der Waals surface area contributed by atoms with E-state index in [4.69, 9.17) is 5.11 Å². The summed E-state index contributed by atoms with van der Waals surface area (Å²) in [5.74, 6) is -0.998. The van der Waals surface area contributed by atoms with Crippen LogP contribution in [0.15, 0.2) is 30.7 Å². The number of carbonyl (C=O) groups is 1. The van der Waals surface area contributed by atoms with Crippen molar-refractivity contribution in [2.24, 2.45) is 0 Å². The fourth-order valence-electron chi connectivity index (χ4n) is 1.98. The van der Waals surface area contributed by atoms with Gasteiger partial charge in [0.05, 0.1) is 16.6 Å². The molecular weight excluding hydrogens is 262 g/mol.